The largest absolute Gasteiger partial charge is 0.399 e. The summed E-state index contributed by atoms with van der Waals surface area (Å²) in [5, 5.41) is -0.345. The van der Waals surface area contributed by atoms with Crippen LogP contribution in [-0.2, 0) is 10.0 Å². The third-order valence-corrected chi connectivity index (χ3v) is 5.26. The van der Waals surface area contributed by atoms with Gasteiger partial charge in [0.2, 0.25) is 0 Å². The number of sulfonamides is 1. The number of hydrogen-bond donors (Lipinski definition) is 2. The molecule has 4 nitrogen and oxygen atoms in total. The van der Waals surface area contributed by atoms with Crippen molar-refractivity contribution in [2.24, 2.45) is 0 Å². The quantitative estimate of drug-likeness (QED) is 0.776. The third-order valence-electron chi connectivity index (χ3n) is 2.72. The van der Waals surface area contributed by atoms with E-state index in [4.69, 9.17) is 17.3 Å². The van der Waals surface area contributed by atoms with Crippen molar-refractivity contribution in [1.29, 1.82) is 0 Å². The Bertz CT molecular complexity index is 812. The van der Waals surface area contributed by atoms with Crippen LogP contribution in [0.5, 0.6) is 0 Å². The lowest BCUT2D eigenvalue weighted by Crippen LogP contribution is -2.15. The van der Waals surface area contributed by atoms with Crippen LogP contribution in [0.15, 0.2) is 39.7 Å². The molecule has 0 saturated heterocycles. The molecule has 0 aliphatic heterocycles. The number of anilines is 2. The van der Waals surface area contributed by atoms with E-state index in [1.165, 1.54) is 0 Å². The molecule has 3 N–H and O–H groups in total. The minimum atomic E-state index is -4.12. The Labute approximate surface area is 135 Å². The molecule has 21 heavy (non-hydrogen) atoms. The van der Waals surface area contributed by atoms with Gasteiger partial charge >= 0.3 is 0 Å². The highest BCUT2D eigenvalue weighted by atomic mass is 79.9. The number of halogens is 3. The van der Waals surface area contributed by atoms with Gasteiger partial charge in [0.15, 0.2) is 5.82 Å². The minimum absolute atomic E-state index is 0.0637. The van der Waals surface area contributed by atoms with E-state index in [2.05, 4.69) is 20.7 Å². The van der Waals surface area contributed by atoms with Gasteiger partial charge in [-0.2, -0.15) is 0 Å². The van der Waals surface area contributed by atoms with Crippen molar-refractivity contribution in [2.45, 2.75) is 11.8 Å². The fraction of sp³-hybridized carbons (Fsp3) is 0.0769. The predicted molar refractivity (Wildman–Crippen MR) is 85.5 cm³/mol. The zero-order valence-corrected chi connectivity index (χ0v) is 14.0. The van der Waals surface area contributed by atoms with E-state index >= 15 is 0 Å². The number of nitrogens with one attached hydrogen (secondary N) is 1. The molecule has 0 fully saturated rings. The van der Waals surface area contributed by atoms with Gasteiger partial charge in [0.05, 0.1) is 5.02 Å². The maximum Gasteiger partial charge on any atom is 0.264 e. The molecule has 2 aromatic carbocycles. The summed E-state index contributed by atoms with van der Waals surface area (Å²) in [5.41, 5.74) is 6.72. The Hall–Kier alpha value is -1.31. The number of benzene rings is 2. The minimum Gasteiger partial charge on any atom is -0.399 e. The molecule has 0 radical (unpaired) electrons. The molecule has 0 heterocycles. The molecule has 0 aliphatic rings. The molecule has 0 atom stereocenters. The van der Waals surface area contributed by atoms with Crippen molar-refractivity contribution < 1.29 is 12.8 Å². The fourth-order valence-corrected chi connectivity index (χ4v) is 3.41. The van der Waals surface area contributed by atoms with Crippen LogP contribution in [0.3, 0.4) is 0 Å². The summed E-state index contributed by atoms with van der Waals surface area (Å²) in [4.78, 5) is -0.590. The van der Waals surface area contributed by atoms with E-state index in [-0.39, 0.29) is 10.7 Å². The molecular weight excluding hydrogens is 383 g/mol. The lowest BCUT2D eigenvalue weighted by molar-refractivity contribution is 0.571. The molecule has 0 amide bonds. The zero-order valence-electron chi connectivity index (χ0n) is 10.8. The van der Waals surface area contributed by atoms with E-state index in [1.54, 1.807) is 25.1 Å². The molecule has 0 aliphatic carbocycles. The lowest BCUT2D eigenvalue weighted by Gasteiger charge is -2.11. The molecule has 0 unspecified atom stereocenters. The Kier molecular flexibility index (Phi) is 4.46. The normalized spacial score (nSPS) is 11.4. The van der Waals surface area contributed by atoms with Crippen molar-refractivity contribution in [3.05, 3.63) is 51.2 Å². The molecule has 2 aromatic rings. The first-order chi connectivity index (χ1) is 9.70. The van der Waals surface area contributed by atoms with E-state index in [0.29, 0.717) is 5.69 Å². The van der Waals surface area contributed by atoms with Crippen molar-refractivity contribution in [2.75, 3.05) is 10.5 Å². The van der Waals surface area contributed by atoms with Crippen LogP contribution in [0, 0.1) is 12.7 Å². The summed E-state index contributed by atoms with van der Waals surface area (Å²) in [7, 11) is -4.12. The van der Waals surface area contributed by atoms with Crippen LogP contribution in [0.2, 0.25) is 5.02 Å². The highest BCUT2D eigenvalue weighted by Gasteiger charge is 2.22. The van der Waals surface area contributed by atoms with Gasteiger partial charge in [0, 0.05) is 15.8 Å². The first-order valence-electron chi connectivity index (χ1n) is 5.74. The number of hydrogen-bond acceptors (Lipinski definition) is 3. The first-order valence-corrected chi connectivity index (χ1v) is 8.39. The second-order valence-corrected chi connectivity index (χ2v) is 7.30. The summed E-state index contributed by atoms with van der Waals surface area (Å²) in [6.45, 7) is 1.81. The Morgan fingerprint density at radius 2 is 1.95 bits per heavy atom. The van der Waals surface area contributed by atoms with Crippen LogP contribution < -0.4 is 10.5 Å². The Morgan fingerprint density at radius 1 is 1.29 bits per heavy atom. The molecule has 0 saturated carbocycles. The fourth-order valence-electron chi connectivity index (χ4n) is 1.70. The van der Waals surface area contributed by atoms with Gasteiger partial charge < -0.3 is 5.73 Å². The first kappa shape index (κ1) is 16.1. The smallest absolute Gasteiger partial charge is 0.264 e. The highest BCUT2D eigenvalue weighted by Crippen LogP contribution is 2.28. The van der Waals surface area contributed by atoms with Crippen LogP contribution in [0.4, 0.5) is 15.8 Å². The average molecular weight is 394 g/mol. The van der Waals surface area contributed by atoms with E-state index < -0.39 is 20.7 Å². The van der Waals surface area contributed by atoms with Crippen LogP contribution in [-0.4, -0.2) is 8.42 Å². The van der Waals surface area contributed by atoms with Crippen LogP contribution >= 0.6 is 27.5 Å². The van der Waals surface area contributed by atoms with Crippen molar-refractivity contribution in [1.82, 2.24) is 0 Å². The molecule has 2 rings (SSSR count). The number of aryl methyl sites for hydroxylation is 1. The highest BCUT2D eigenvalue weighted by molar-refractivity contribution is 9.10. The zero-order chi connectivity index (χ0) is 15.8. The number of nitrogen functional groups attached to an aromatic ring is 1. The Morgan fingerprint density at radius 3 is 2.57 bits per heavy atom. The predicted octanol–water partition coefficient (Wildman–Crippen LogP) is 3.93. The summed E-state index contributed by atoms with van der Waals surface area (Å²) in [5.74, 6) is -1.03. The molecule has 8 heteroatoms. The maximum atomic E-state index is 13.9. The molecule has 0 spiro atoms. The van der Waals surface area contributed by atoms with Crippen LogP contribution in [0.25, 0.3) is 0 Å². The maximum absolute atomic E-state index is 13.9. The Balaban J connectivity index is 2.45. The summed E-state index contributed by atoms with van der Waals surface area (Å²) < 4.78 is 41.5. The van der Waals surface area contributed by atoms with Crippen LogP contribution in [0.1, 0.15) is 5.56 Å². The third kappa shape index (κ3) is 3.48. The van der Waals surface area contributed by atoms with Gasteiger partial charge in [-0.15, -0.1) is 0 Å². The SMILES string of the molecule is Cc1cc(NS(=O)(=O)c2cc(N)cc(Cl)c2F)ccc1Br. The van der Waals surface area contributed by atoms with Gasteiger partial charge in [-0.3, -0.25) is 4.72 Å². The van der Waals surface area contributed by atoms with E-state index in [9.17, 15) is 12.8 Å². The molecular formula is C13H11BrClFN2O2S. The number of rotatable bonds is 3. The summed E-state index contributed by atoms with van der Waals surface area (Å²) >= 11 is 8.93. The van der Waals surface area contributed by atoms with Gasteiger partial charge in [0.25, 0.3) is 10.0 Å². The molecule has 112 valence electrons. The monoisotopic (exact) mass is 392 g/mol. The van der Waals surface area contributed by atoms with E-state index in [0.717, 1.165) is 22.2 Å². The molecule has 0 aromatic heterocycles. The summed E-state index contributed by atoms with van der Waals surface area (Å²) in [6, 6.07) is 7.04. The van der Waals surface area contributed by atoms with Gasteiger partial charge in [0.1, 0.15) is 4.90 Å². The summed E-state index contributed by atoms with van der Waals surface area (Å²) in [6.07, 6.45) is 0. The molecule has 0 bridgehead atoms. The van der Waals surface area contributed by atoms with E-state index in [1.807, 2.05) is 0 Å². The standard InChI is InChI=1S/C13H11BrClFN2O2S/c1-7-4-9(2-3-10(7)14)18-21(19,20)12-6-8(17)5-11(15)13(12)16/h2-6,18H,17H2,1H3. The van der Waals surface area contributed by atoms with Crippen molar-refractivity contribution >= 4 is 48.9 Å². The second-order valence-electron chi connectivity index (χ2n) is 4.38. The van der Waals surface area contributed by atoms with Gasteiger partial charge in [-0.25, -0.2) is 12.8 Å². The topological polar surface area (TPSA) is 72.2 Å². The van der Waals surface area contributed by atoms with Gasteiger partial charge in [-0.05, 0) is 42.8 Å². The average Bonchev–Trinajstić information content (AvgIpc) is 2.37. The second kappa shape index (κ2) is 5.82. The van der Waals surface area contributed by atoms with Crippen molar-refractivity contribution in [3.63, 3.8) is 0 Å². The lowest BCUT2D eigenvalue weighted by atomic mass is 10.2. The number of nitrogens with two attached hydrogens (primary N) is 1. The van der Waals surface area contributed by atoms with Crippen molar-refractivity contribution in [3.8, 4) is 0 Å². The van der Waals surface area contributed by atoms with Gasteiger partial charge in [-0.1, -0.05) is 27.5 Å².